The Balaban J connectivity index is 1.43. The van der Waals surface area contributed by atoms with Crippen molar-refractivity contribution >= 4 is 11.0 Å². The third-order valence-corrected chi connectivity index (χ3v) is 4.38. The van der Waals surface area contributed by atoms with Crippen molar-refractivity contribution in [3.8, 4) is 17.2 Å². The van der Waals surface area contributed by atoms with Crippen molar-refractivity contribution in [2.24, 2.45) is 0 Å². The van der Waals surface area contributed by atoms with Crippen LogP contribution in [-0.4, -0.2) is 22.5 Å². The number of rotatable bonds is 6. The summed E-state index contributed by atoms with van der Waals surface area (Å²) in [6.45, 7) is 4.05. The first-order valence-corrected chi connectivity index (χ1v) is 8.48. The summed E-state index contributed by atoms with van der Waals surface area (Å²) in [4.78, 5) is 12.6. The van der Waals surface area contributed by atoms with Gasteiger partial charge in [-0.1, -0.05) is 12.1 Å². The summed E-state index contributed by atoms with van der Waals surface area (Å²) in [6.07, 6.45) is 0.742. The van der Waals surface area contributed by atoms with E-state index in [1.807, 2.05) is 54.0 Å². The molecule has 0 saturated carbocycles. The monoisotopic (exact) mass is 340 g/mol. The predicted molar refractivity (Wildman–Crippen MR) is 94.5 cm³/mol. The molecule has 0 bridgehead atoms. The van der Waals surface area contributed by atoms with Crippen molar-refractivity contribution in [2.45, 2.75) is 26.4 Å². The molecule has 0 unspecified atom stereocenters. The molecule has 6 nitrogen and oxygen atoms in total. The van der Waals surface area contributed by atoms with Gasteiger partial charge in [-0.15, -0.1) is 0 Å². The Morgan fingerprint density at radius 2 is 1.80 bits per heavy atom. The number of aromatic nitrogens is 2. The minimum Gasteiger partial charge on any atom is -0.493 e. The first kappa shape index (κ1) is 15.6. The first-order valence-electron chi connectivity index (χ1n) is 8.48. The first-order chi connectivity index (χ1) is 12.3. The van der Waals surface area contributed by atoms with Crippen LogP contribution >= 0.6 is 0 Å². The number of imidazole rings is 1. The Labute approximate surface area is 145 Å². The molecule has 2 heterocycles. The molecule has 0 spiro atoms. The van der Waals surface area contributed by atoms with Gasteiger partial charge in [-0.3, -0.25) is 9.13 Å². The summed E-state index contributed by atoms with van der Waals surface area (Å²) < 4.78 is 20.0. The highest BCUT2D eigenvalue weighted by atomic mass is 16.7. The van der Waals surface area contributed by atoms with E-state index in [2.05, 4.69) is 0 Å². The molecule has 0 N–H and O–H groups in total. The van der Waals surface area contributed by atoms with Crippen molar-refractivity contribution < 1.29 is 14.2 Å². The van der Waals surface area contributed by atoms with E-state index >= 15 is 0 Å². The van der Waals surface area contributed by atoms with Gasteiger partial charge in [0.1, 0.15) is 5.75 Å². The fraction of sp³-hybridized carbons (Fsp3) is 0.316. The zero-order valence-corrected chi connectivity index (χ0v) is 14.1. The largest absolute Gasteiger partial charge is 0.493 e. The van der Waals surface area contributed by atoms with Crippen molar-refractivity contribution in [1.29, 1.82) is 0 Å². The van der Waals surface area contributed by atoms with Crippen LogP contribution < -0.4 is 19.9 Å². The number of fused-ring (bicyclic) bond motifs is 2. The Hall–Kier alpha value is -2.89. The summed E-state index contributed by atoms with van der Waals surface area (Å²) in [5.41, 5.74) is 1.98. The van der Waals surface area contributed by atoms with Gasteiger partial charge < -0.3 is 14.2 Å². The predicted octanol–water partition coefficient (Wildman–Crippen LogP) is 3.02. The molecule has 1 aromatic heterocycles. The van der Waals surface area contributed by atoms with Crippen LogP contribution in [0.15, 0.2) is 47.3 Å². The van der Waals surface area contributed by atoms with Gasteiger partial charge in [0.2, 0.25) is 6.79 Å². The molecule has 6 heteroatoms. The summed E-state index contributed by atoms with van der Waals surface area (Å²) in [6, 6.07) is 13.4. The number of nitrogens with zero attached hydrogens (tertiary/aromatic N) is 2. The molecular formula is C19H20N2O4. The van der Waals surface area contributed by atoms with Gasteiger partial charge in [0.25, 0.3) is 0 Å². The van der Waals surface area contributed by atoms with Crippen LogP contribution in [0.3, 0.4) is 0 Å². The number of para-hydroxylation sites is 2. The standard InChI is InChI=1S/C19H20N2O4/c1-2-20-15-6-3-4-7-16(15)21(19(20)22)10-5-11-23-14-8-9-17-18(12-14)25-13-24-17/h3-4,6-9,12H,2,5,10-11,13H2,1H3. The van der Waals surface area contributed by atoms with Crippen LogP contribution in [0.4, 0.5) is 0 Å². The smallest absolute Gasteiger partial charge is 0.329 e. The lowest BCUT2D eigenvalue weighted by Crippen LogP contribution is -2.24. The second-order valence-electron chi connectivity index (χ2n) is 5.88. The summed E-state index contributed by atoms with van der Waals surface area (Å²) in [5, 5.41) is 0. The molecule has 25 heavy (non-hydrogen) atoms. The number of aryl methyl sites for hydroxylation is 2. The van der Waals surface area contributed by atoms with Gasteiger partial charge in [-0.25, -0.2) is 4.79 Å². The van der Waals surface area contributed by atoms with E-state index in [1.54, 1.807) is 4.57 Å². The lowest BCUT2D eigenvalue weighted by atomic mass is 10.3. The second-order valence-corrected chi connectivity index (χ2v) is 5.88. The number of ether oxygens (including phenoxy) is 3. The maximum atomic E-state index is 12.6. The molecule has 0 amide bonds. The Morgan fingerprint density at radius 1 is 1.04 bits per heavy atom. The van der Waals surface area contributed by atoms with Gasteiger partial charge >= 0.3 is 5.69 Å². The highest BCUT2D eigenvalue weighted by Crippen LogP contribution is 2.35. The van der Waals surface area contributed by atoms with Crippen molar-refractivity contribution in [1.82, 2.24) is 9.13 Å². The van der Waals surface area contributed by atoms with Crippen LogP contribution in [0.2, 0.25) is 0 Å². The van der Waals surface area contributed by atoms with Crippen molar-refractivity contribution in [3.63, 3.8) is 0 Å². The van der Waals surface area contributed by atoms with Crippen LogP contribution in [0.1, 0.15) is 13.3 Å². The van der Waals surface area contributed by atoms with Crippen molar-refractivity contribution in [2.75, 3.05) is 13.4 Å². The summed E-state index contributed by atoms with van der Waals surface area (Å²) >= 11 is 0. The highest BCUT2D eigenvalue weighted by molar-refractivity contribution is 5.75. The van der Waals surface area contributed by atoms with Crippen LogP contribution in [-0.2, 0) is 13.1 Å². The molecule has 0 aliphatic carbocycles. The fourth-order valence-corrected chi connectivity index (χ4v) is 3.17. The molecule has 0 saturated heterocycles. The third-order valence-electron chi connectivity index (χ3n) is 4.38. The van der Waals surface area contributed by atoms with Gasteiger partial charge in [0, 0.05) is 19.2 Å². The Bertz CT molecular complexity index is 958. The molecule has 0 fully saturated rings. The molecule has 0 atom stereocenters. The maximum absolute atomic E-state index is 12.6. The van der Waals surface area contributed by atoms with Gasteiger partial charge in [0.15, 0.2) is 11.5 Å². The lowest BCUT2D eigenvalue weighted by molar-refractivity contribution is 0.173. The SMILES string of the molecule is CCn1c(=O)n(CCCOc2ccc3c(c2)OCO3)c2ccccc21. The molecule has 4 rings (SSSR count). The summed E-state index contributed by atoms with van der Waals surface area (Å²) in [7, 11) is 0. The maximum Gasteiger partial charge on any atom is 0.329 e. The van der Waals surface area contributed by atoms with E-state index in [1.165, 1.54) is 0 Å². The molecule has 130 valence electrons. The zero-order valence-electron chi connectivity index (χ0n) is 14.1. The Morgan fingerprint density at radius 3 is 2.60 bits per heavy atom. The fourth-order valence-electron chi connectivity index (χ4n) is 3.17. The highest BCUT2D eigenvalue weighted by Gasteiger charge is 2.14. The minimum atomic E-state index is 0.0341. The molecular weight excluding hydrogens is 320 g/mol. The Kier molecular flexibility index (Phi) is 4.09. The van der Waals surface area contributed by atoms with E-state index in [4.69, 9.17) is 14.2 Å². The zero-order chi connectivity index (χ0) is 17.2. The average molecular weight is 340 g/mol. The van der Waals surface area contributed by atoms with E-state index in [0.29, 0.717) is 25.4 Å². The average Bonchev–Trinajstić information content (AvgIpc) is 3.20. The number of benzene rings is 2. The van der Waals surface area contributed by atoms with Crippen LogP contribution in [0, 0.1) is 0 Å². The normalized spacial score (nSPS) is 12.7. The van der Waals surface area contributed by atoms with Gasteiger partial charge in [-0.2, -0.15) is 0 Å². The van der Waals surface area contributed by atoms with E-state index in [0.717, 1.165) is 29.0 Å². The molecule has 1 aliphatic heterocycles. The molecule has 0 radical (unpaired) electrons. The van der Waals surface area contributed by atoms with E-state index < -0.39 is 0 Å². The quantitative estimate of drug-likeness (QED) is 0.647. The summed E-state index contributed by atoms with van der Waals surface area (Å²) in [5.74, 6) is 2.19. The molecule has 3 aromatic rings. The topological polar surface area (TPSA) is 54.6 Å². The van der Waals surface area contributed by atoms with Crippen LogP contribution in [0.25, 0.3) is 11.0 Å². The van der Waals surface area contributed by atoms with Crippen LogP contribution in [0.5, 0.6) is 17.2 Å². The number of hydrogen-bond acceptors (Lipinski definition) is 4. The minimum absolute atomic E-state index is 0.0341. The van der Waals surface area contributed by atoms with Crippen molar-refractivity contribution in [3.05, 3.63) is 52.9 Å². The third kappa shape index (κ3) is 2.84. The molecule has 1 aliphatic rings. The van der Waals surface area contributed by atoms with E-state index in [9.17, 15) is 4.79 Å². The number of hydrogen-bond donors (Lipinski definition) is 0. The van der Waals surface area contributed by atoms with E-state index in [-0.39, 0.29) is 12.5 Å². The van der Waals surface area contributed by atoms with Gasteiger partial charge in [-0.05, 0) is 37.6 Å². The lowest BCUT2D eigenvalue weighted by Gasteiger charge is -2.07. The second kappa shape index (κ2) is 6.55. The van der Waals surface area contributed by atoms with Gasteiger partial charge in [0.05, 0.1) is 17.6 Å². The molecule has 2 aromatic carbocycles.